The van der Waals surface area contributed by atoms with Gasteiger partial charge in [-0.15, -0.1) is 11.3 Å². The summed E-state index contributed by atoms with van der Waals surface area (Å²) in [7, 11) is 0. The Morgan fingerprint density at radius 3 is 2.12 bits per heavy atom. The third-order valence-electron chi connectivity index (χ3n) is 4.59. The van der Waals surface area contributed by atoms with Gasteiger partial charge in [0.2, 0.25) is 0 Å². The number of carbonyl (C=O) groups is 2. The van der Waals surface area contributed by atoms with Crippen molar-refractivity contribution in [3.05, 3.63) is 107 Å². The fourth-order valence-electron chi connectivity index (χ4n) is 2.99. The summed E-state index contributed by atoms with van der Waals surface area (Å²) in [5, 5.41) is 7.44. The highest BCUT2D eigenvalue weighted by molar-refractivity contribution is 7.12. The van der Waals surface area contributed by atoms with Gasteiger partial charge < -0.3 is 20.1 Å². The molecule has 0 unspecified atom stereocenters. The number of rotatable bonds is 9. The second kappa shape index (κ2) is 11.0. The Labute approximate surface area is 195 Å². The van der Waals surface area contributed by atoms with Gasteiger partial charge >= 0.3 is 0 Å². The number of hydrogen-bond acceptors (Lipinski definition) is 5. The topological polar surface area (TPSA) is 76.7 Å². The molecule has 0 aliphatic rings. The van der Waals surface area contributed by atoms with Crippen LogP contribution < -0.4 is 20.1 Å². The van der Waals surface area contributed by atoms with Crippen LogP contribution in [0.1, 0.15) is 15.2 Å². The number of hydrogen-bond donors (Lipinski definition) is 2. The summed E-state index contributed by atoms with van der Waals surface area (Å²) in [6.07, 6.45) is 0. The second-order valence-corrected chi connectivity index (χ2v) is 8.04. The van der Waals surface area contributed by atoms with Crippen molar-refractivity contribution in [2.45, 2.75) is 6.61 Å². The Hall–Kier alpha value is -4.10. The minimum atomic E-state index is -0.305. The lowest BCUT2D eigenvalue weighted by molar-refractivity contribution is -0.118. The molecule has 166 valence electrons. The molecule has 2 N–H and O–H groups in total. The lowest BCUT2D eigenvalue weighted by Gasteiger charge is -2.10. The quantitative estimate of drug-likeness (QED) is 0.342. The van der Waals surface area contributed by atoms with Crippen LogP contribution in [-0.4, -0.2) is 18.4 Å². The number of nitrogens with one attached hydrogen (secondary N) is 2. The van der Waals surface area contributed by atoms with Crippen molar-refractivity contribution in [2.75, 3.05) is 17.2 Å². The number of benzene rings is 3. The third-order valence-corrected chi connectivity index (χ3v) is 5.46. The van der Waals surface area contributed by atoms with Crippen molar-refractivity contribution in [3.8, 4) is 11.5 Å². The molecule has 7 heteroatoms. The summed E-state index contributed by atoms with van der Waals surface area (Å²) in [5.74, 6) is 0.792. The lowest BCUT2D eigenvalue weighted by Crippen LogP contribution is -2.20. The zero-order chi connectivity index (χ0) is 22.9. The number of ether oxygens (including phenoxy) is 2. The molecule has 0 radical (unpaired) electrons. The van der Waals surface area contributed by atoms with Crippen LogP contribution in [0.15, 0.2) is 96.4 Å². The minimum Gasteiger partial charge on any atom is -0.489 e. The Kier molecular flexibility index (Phi) is 7.35. The summed E-state index contributed by atoms with van der Waals surface area (Å²) in [6.45, 7) is 0.340. The van der Waals surface area contributed by atoms with Crippen LogP contribution in [0.2, 0.25) is 0 Å². The van der Waals surface area contributed by atoms with E-state index in [-0.39, 0.29) is 18.4 Å². The van der Waals surface area contributed by atoms with E-state index in [4.69, 9.17) is 9.47 Å². The first-order chi connectivity index (χ1) is 16.2. The van der Waals surface area contributed by atoms with Gasteiger partial charge in [-0.05, 0) is 59.5 Å². The van der Waals surface area contributed by atoms with Gasteiger partial charge in [0.15, 0.2) is 6.61 Å². The molecule has 0 saturated heterocycles. The van der Waals surface area contributed by atoms with E-state index >= 15 is 0 Å². The van der Waals surface area contributed by atoms with Crippen molar-refractivity contribution >= 4 is 34.5 Å². The molecule has 0 saturated carbocycles. The van der Waals surface area contributed by atoms with E-state index < -0.39 is 0 Å². The van der Waals surface area contributed by atoms with E-state index in [0.29, 0.717) is 28.6 Å². The van der Waals surface area contributed by atoms with Crippen LogP contribution >= 0.6 is 11.3 Å². The maximum absolute atomic E-state index is 12.3. The number of amides is 2. The summed E-state index contributed by atoms with van der Waals surface area (Å²) in [6, 6.07) is 27.6. The van der Waals surface area contributed by atoms with Gasteiger partial charge in [-0.1, -0.05) is 42.5 Å². The lowest BCUT2D eigenvalue weighted by atomic mass is 10.2. The average Bonchev–Trinajstić information content (AvgIpc) is 3.38. The molecule has 0 fully saturated rings. The molecule has 0 aliphatic carbocycles. The highest BCUT2D eigenvalue weighted by Gasteiger charge is 2.09. The molecule has 2 amide bonds. The van der Waals surface area contributed by atoms with E-state index in [1.54, 1.807) is 54.6 Å². The molecule has 0 aliphatic heterocycles. The molecule has 33 heavy (non-hydrogen) atoms. The summed E-state index contributed by atoms with van der Waals surface area (Å²) in [4.78, 5) is 25.1. The molecular formula is C26H22N2O4S. The van der Waals surface area contributed by atoms with Crippen LogP contribution in [0.4, 0.5) is 11.4 Å². The van der Waals surface area contributed by atoms with Crippen LogP contribution in [0, 0.1) is 0 Å². The zero-order valence-electron chi connectivity index (χ0n) is 17.7. The standard InChI is InChI=1S/C26H22N2O4S/c29-25(27-20-8-4-9-21(16-20)28-26(30)24-10-5-15-33-24)18-32-23-13-11-22(12-14-23)31-17-19-6-2-1-3-7-19/h1-16H,17-18H2,(H,27,29)(H,28,30). The molecule has 6 nitrogen and oxygen atoms in total. The zero-order valence-corrected chi connectivity index (χ0v) is 18.5. The monoisotopic (exact) mass is 458 g/mol. The van der Waals surface area contributed by atoms with Crippen molar-refractivity contribution in [1.82, 2.24) is 0 Å². The highest BCUT2D eigenvalue weighted by atomic mass is 32.1. The summed E-state index contributed by atoms with van der Waals surface area (Å²) >= 11 is 1.37. The van der Waals surface area contributed by atoms with Gasteiger partial charge in [0.25, 0.3) is 11.8 Å². The van der Waals surface area contributed by atoms with Gasteiger partial charge in [-0.3, -0.25) is 9.59 Å². The molecule has 1 heterocycles. The Balaban J connectivity index is 1.24. The van der Waals surface area contributed by atoms with E-state index in [9.17, 15) is 9.59 Å². The van der Waals surface area contributed by atoms with Gasteiger partial charge in [-0.25, -0.2) is 0 Å². The van der Waals surface area contributed by atoms with Crippen LogP contribution in [0.5, 0.6) is 11.5 Å². The predicted molar refractivity (Wildman–Crippen MR) is 130 cm³/mol. The van der Waals surface area contributed by atoms with E-state index in [0.717, 1.165) is 11.3 Å². The Morgan fingerprint density at radius 1 is 0.727 bits per heavy atom. The van der Waals surface area contributed by atoms with Crippen LogP contribution in [0.25, 0.3) is 0 Å². The molecule has 0 spiro atoms. The molecule has 1 aromatic heterocycles. The molecule has 3 aromatic carbocycles. The summed E-state index contributed by atoms with van der Waals surface area (Å²) < 4.78 is 11.3. The fourth-order valence-corrected chi connectivity index (χ4v) is 3.61. The predicted octanol–water partition coefficient (Wildman–Crippen LogP) is 5.60. The smallest absolute Gasteiger partial charge is 0.265 e. The van der Waals surface area contributed by atoms with Gasteiger partial charge in [-0.2, -0.15) is 0 Å². The number of anilines is 2. The van der Waals surface area contributed by atoms with Crippen LogP contribution in [-0.2, 0) is 11.4 Å². The molecule has 0 atom stereocenters. The van der Waals surface area contributed by atoms with Gasteiger partial charge in [0.05, 0.1) is 4.88 Å². The SMILES string of the molecule is O=C(COc1ccc(OCc2ccccc2)cc1)Nc1cccc(NC(=O)c2cccs2)c1. The Bertz CT molecular complexity index is 1190. The highest BCUT2D eigenvalue weighted by Crippen LogP contribution is 2.20. The van der Waals surface area contributed by atoms with Crippen molar-refractivity contribution in [3.63, 3.8) is 0 Å². The first-order valence-electron chi connectivity index (χ1n) is 10.3. The van der Waals surface area contributed by atoms with Crippen molar-refractivity contribution in [2.24, 2.45) is 0 Å². The first-order valence-corrected chi connectivity index (χ1v) is 11.2. The minimum absolute atomic E-state index is 0.143. The average molecular weight is 459 g/mol. The first kappa shape index (κ1) is 22.1. The molecule has 0 bridgehead atoms. The van der Waals surface area contributed by atoms with Gasteiger partial charge in [0.1, 0.15) is 18.1 Å². The van der Waals surface area contributed by atoms with E-state index in [1.165, 1.54) is 11.3 Å². The third kappa shape index (κ3) is 6.69. The van der Waals surface area contributed by atoms with Crippen LogP contribution in [0.3, 0.4) is 0 Å². The van der Waals surface area contributed by atoms with Gasteiger partial charge in [0, 0.05) is 11.4 Å². The maximum Gasteiger partial charge on any atom is 0.265 e. The normalized spacial score (nSPS) is 10.3. The second-order valence-electron chi connectivity index (χ2n) is 7.09. The number of thiophene rings is 1. The van der Waals surface area contributed by atoms with Crippen molar-refractivity contribution in [1.29, 1.82) is 0 Å². The van der Waals surface area contributed by atoms with Crippen molar-refractivity contribution < 1.29 is 19.1 Å². The molecular weight excluding hydrogens is 436 g/mol. The largest absolute Gasteiger partial charge is 0.489 e. The summed E-state index contributed by atoms with van der Waals surface area (Å²) in [5.41, 5.74) is 2.25. The van der Waals surface area contributed by atoms with E-state index in [1.807, 2.05) is 41.8 Å². The van der Waals surface area contributed by atoms with E-state index in [2.05, 4.69) is 10.6 Å². The molecule has 4 aromatic rings. The molecule has 4 rings (SSSR count). The Morgan fingerprint density at radius 2 is 1.42 bits per heavy atom. The fraction of sp³-hybridized carbons (Fsp3) is 0.0769. The number of carbonyl (C=O) groups excluding carboxylic acids is 2. The maximum atomic E-state index is 12.3.